The summed E-state index contributed by atoms with van der Waals surface area (Å²) in [6.07, 6.45) is 26.8. The minimum absolute atomic E-state index is 0.939. The first-order valence-corrected chi connectivity index (χ1v) is 15.0. The summed E-state index contributed by atoms with van der Waals surface area (Å²) in [5.74, 6) is 1.41. The molecule has 196 valence electrons. The van der Waals surface area contributed by atoms with Gasteiger partial charge in [0.25, 0.3) is 5.82 Å². The van der Waals surface area contributed by atoms with Crippen molar-refractivity contribution in [1.29, 1.82) is 0 Å². The van der Waals surface area contributed by atoms with Crippen molar-refractivity contribution in [3.05, 3.63) is 90.0 Å². The Kier molecular flexibility index (Phi) is 14.1. The third-order valence-corrected chi connectivity index (χ3v) is 7.49. The van der Waals surface area contributed by atoms with Crippen molar-refractivity contribution in [2.45, 2.75) is 123 Å². The summed E-state index contributed by atoms with van der Waals surface area (Å²) < 4.78 is 4.94. The number of hydrogen-bond donors (Lipinski definition) is 0. The molecule has 0 aliphatic carbocycles. The van der Waals surface area contributed by atoms with Crippen LogP contribution in [0.4, 0.5) is 0 Å². The molecule has 36 heavy (non-hydrogen) atoms. The number of unbranched alkanes of at least 4 members (excludes halogenated alkanes) is 14. The van der Waals surface area contributed by atoms with E-state index in [9.17, 15) is 0 Å². The summed E-state index contributed by atoms with van der Waals surface area (Å²) in [5, 5.41) is 0. The predicted molar refractivity (Wildman–Crippen MR) is 154 cm³/mol. The summed E-state index contributed by atoms with van der Waals surface area (Å²) in [5.41, 5.74) is 2.75. The molecule has 0 saturated carbocycles. The molecule has 0 aliphatic heterocycles. The first-order chi connectivity index (χ1) is 17.9. The zero-order chi connectivity index (χ0) is 25.1. The Labute approximate surface area is 221 Å². The van der Waals surface area contributed by atoms with Crippen molar-refractivity contribution < 1.29 is 4.57 Å². The second-order valence-electron chi connectivity index (χ2n) is 10.6. The van der Waals surface area contributed by atoms with E-state index in [1.54, 1.807) is 0 Å². The van der Waals surface area contributed by atoms with Crippen LogP contribution < -0.4 is 4.57 Å². The summed E-state index contributed by atoms with van der Waals surface area (Å²) in [4.78, 5) is 0. The molecule has 0 aliphatic rings. The first-order valence-electron chi connectivity index (χ1n) is 15.0. The monoisotopic (exact) mass is 487 g/mol. The molecular formula is C34H51N2+. The largest absolute Gasteiger partial charge is 0.261 e. The molecule has 0 unspecified atom stereocenters. The zero-order valence-corrected chi connectivity index (χ0v) is 23.1. The lowest BCUT2D eigenvalue weighted by Gasteiger charge is -2.07. The fourth-order valence-electron chi connectivity index (χ4n) is 5.26. The number of nitrogens with zero attached hydrogens (tertiary/aromatic N) is 2. The van der Waals surface area contributed by atoms with Gasteiger partial charge in [0.2, 0.25) is 0 Å². The molecule has 3 rings (SSSR count). The molecule has 0 N–H and O–H groups in total. The molecule has 1 heterocycles. The van der Waals surface area contributed by atoms with E-state index >= 15 is 0 Å². The van der Waals surface area contributed by atoms with E-state index in [4.69, 9.17) is 0 Å². The third-order valence-electron chi connectivity index (χ3n) is 7.49. The molecule has 2 nitrogen and oxygen atoms in total. The van der Waals surface area contributed by atoms with Gasteiger partial charge in [-0.05, 0) is 24.0 Å². The maximum absolute atomic E-state index is 2.50. The highest BCUT2D eigenvalue weighted by Gasteiger charge is 2.17. The van der Waals surface area contributed by atoms with Crippen LogP contribution in [-0.4, -0.2) is 4.57 Å². The highest BCUT2D eigenvalue weighted by Crippen LogP contribution is 2.14. The van der Waals surface area contributed by atoms with Crippen molar-refractivity contribution in [3.8, 4) is 0 Å². The van der Waals surface area contributed by atoms with Crippen LogP contribution in [0, 0.1) is 0 Å². The van der Waals surface area contributed by atoms with Gasteiger partial charge in [0.15, 0.2) is 0 Å². The quantitative estimate of drug-likeness (QED) is 0.111. The standard InChI is InChI=1S/C34H51N2/c1-2-3-4-5-6-7-8-9-10-11-12-13-14-15-22-27-35-28-29-36(31-33-25-20-17-21-26-33)34(35)30-32-23-18-16-19-24-32/h16-21,23-26,28-29H,2-15,22,27,30-31H2,1H3/q+1. The molecule has 2 aromatic carbocycles. The molecule has 1 aromatic heterocycles. The van der Waals surface area contributed by atoms with Gasteiger partial charge in [-0.3, -0.25) is 0 Å². The van der Waals surface area contributed by atoms with Crippen molar-refractivity contribution in [3.63, 3.8) is 0 Å². The Balaban J connectivity index is 1.32. The predicted octanol–water partition coefficient (Wildman–Crippen LogP) is 9.29. The van der Waals surface area contributed by atoms with Crippen molar-refractivity contribution >= 4 is 0 Å². The van der Waals surface area contributed by atoms with Gasteiger partial charge in [0, 0.05) is 0 Å². The molecular weight excluding hydrogens is 436 g/mol. The van der Waals surface area contributed by atoms with E-state index in [-0.39, 0.29) is 0 Å². The van der Waals surface area contributed by atoms with Crippen LogP contribution in [0.1, 0.15) is 120 Å². The molecule has 0 bridgehead atoms. The average Bonchev–Trinajstić information content (AvgIpc) is 3.28. The van der Waals surface area contributed by atoms with Gasteiger partial charge in [0.05, 0.1) is 13.0 Å². The lowest BCUT2D eigenvalue weighted by Crippen LogP contribution is -2.37. The number of aromatic nitrogens is 2. The van der Waals surface area contributed by atoms with Gasteiger partial charge < -0.3 is 0 Å². The molecule has 0 fully saturated rings. The number of rotatable bonds is 20. The van der Waals surface area contributed by atoms with Gasteiger partial charge in [-0.15, -0.1) is 0 Å². The van der Waals surface area contributed by atoms with E-state index in [1.807, 2.05) is 0 Å². The Morgan fingerprint density at radius 3 is 1.56 bits per heavy atom. The Morgan fingerprint density at radius 2 is 1.03 bits per heavy atom. The molecule has 0 spiro atoms. The van der Waals surface area contributed by atoms with Crippen molar-refractivity contribution in [2.24, 2.45) is 0 Å². The molecule has 2 heteroatoms. The molecule has 3 aromatic rings. The van der Waals surface area contributed by atoms with Gasteiger partial charge in [-0.2, -0.15) is 0 Å². The molecule has 0 amide bonds. The average molecular weight is 488 g/mol. The van der Waals surface area contributed by atoms with Crippen LogP contribution in [0.15, 0.2) is 73.1 Å². The van der Waals surface area contributed by atoms with Gasteiger partial charge in [-0.1, -0.05) is 151 Å². The minimum atomic E-state index is 0.939. The maximum atomic E-state index is 2.50. The minimum Gasteiger partial charge on any atom is -0.234 e. The molecule has 0 radical (unpaired) electrons. The van der Waals surface area contributed by atoms with Crippen molar-refractivity contribution in [1.82, 2.24) is 4.57 Å². The number of hydrogen-bond acceptors (Lipinski definition) is 0. The Morgan fingerprint density at radius 1 is 0.556 bits per heavy atom. The lowest BCUT2D eigenvalue weighted by molar-refractivity contribution is -0.703. The van der Waals surface area contributed by atoms with Crippen molar-refractivity contribution in [2.75, 3.05) is 0 Å². The fourth-order valence-corrected chi connectivity index (χ4v) is 5.26. The van der Waals surface area contributed by atoms with Gasteiger partial charge in [0.1, 0.15) is 18.9 Å². The summed E-state index contributed by atoms with van der Waals surface area (Å²) in [7, 11) is 0. The van der Waals surface area contributed by atoms with Crippen LogP contribution in [0.3, 0.4) is 0 Å². The van der Waals surface area contributed by atoms with Gasteiger partial charge >= 0.3 is 0 Å². The van der Waals surface area contributed by atoms with E-state index < -0.39 is 0 Å². The first kappa shape index (κ1) is 28.2. The second kappa shape index (κ2) is 18.0. The summed E-state index contributed by atoms with van der Waals surface area (Å²) in [6, 6.07) is 21.7. The van der Waals surface area contributed by atoms with Crippen LogP contribution in [0.2, 0.25) is 0 Å². The normalized spacial score (nSPS) is 11.2. The highest BCUT2D eigenvalue weighted by atomic mass is 15.1. The smallest absolute Gasteiger partial charge is 0.234 e. The van der Waals surface area contributed by atoms with Crippen LogP contribution in [0.5, 0.6) is 0 Å². The zero-order valence-electron chi connectivity index (χ0n) is 23.1. The number of aryl methyl sites for hydroxylation is 1. The Hall–Kier alpha value is -2.35. The highest BCUT2D eigenvalue weighted by molar-refractivity contribution is 5.19. The third kappa shape index (κ3) is 11.1. The SMILES string of the molecule is CCCCCCCCCCCCCCCCC[n+]1ccn(Cc2ccccc2)c1Cc1ccccc1. The maximum Gasteiger partial charge on any atom is 0.261 e. The van der Waals surface area contributed by atoms with E-state index in [0.717, 1.165) is 19.5 Å². The fraction of sp³-hybridized carbons (Fsp3) is 0.559. The second-order valence-corrected chi connectivity index (χ2v) is 10.6. The number of benzene rings is 2. The molecule has 0 atom stereocenters. The summed E-state index contributed by atoms with van der Waals surface area (Å²) >= 11 is 0. The van der Waals surface area contributed by atoms with Crippen LogP contribution in [-0.2, 0) is 19.5 Å². The summed E-state index contributed by atoms with van der Waals surface area (Å²) in [6.45, 7) is 4.37. The van der Waals surface area contributed by atoms with E-state index in [1.165, 1.54) is 113 Å². The van der Waals surface area contributed by atoms with E-state index in [2.05, 4.69) is 89.1 Å². The number of imidazole rings is 1. The van der Waals surface area contributed by atoms with E-state index in [0.29, 0.717) is 0 Å². The van der Waals surface area contributed by atoms with Crippen LogP contribution in [0.25, 0.3) is 0 Å². The topological polar surface area (TPSA) is 8.81 Å². The van der Waals surface area contributed by atoms with Gasteiger partial charge in [-0.25, -0.2) is 9.13 Å². The lowest BCUT2D eigenvalue weighted by atomic mass is 10.0. The Bertz CT molecular complexity index is 913. The molecule has 0 saturated heterocycles. The van der Waals surface area contributed by atoms with Crippen LogP contribution >= 0.6 is 0 Å².